The van der Waals surface area contributed by atoms with E-state index in [1.165, 1.54) is 36.9 Å². The summed E-state index contributed by atoms with van der Waals surface area (Å²) >= 11 is 0. The van der Waals surface area contributed by atoms with Crippen LogP contribution in [0.15, 0.2) is 28.9 Å². The van der Waals surface area contributed by atoms with Crippen LogP contribution in [0.25, 0.3) is 11.3 Å². The van der Waals surface area contributed by atoms with Crippen LogP contribution in [-0.4, -0.2) is 78.6 Å². The Labute approximate surface area is 222 Å². The summed E-state index contributed by atoms with van der Waals surface area (Å²) in [5, 5.41) is 43.3. The van der Waals surface area contributed by atoms with Crippen LogP contribution >= 0.6 is 0 Å². The molecule has 1 aliphatic carbocycles. The van der Waals surface area contributed by atoms with Crippen LogP contribution in [0.4, 0.5) is 8.78 Å². The zero-order valence-corrected chi connectivity index (χ0v) is 21.4. The van der Waals surface area contributed by atoms with E-state index < -0.39 is 60.8 Å². The van der Waals surface area contributed by atoms with Gasteiger partial charge < -0.3 is 29.3 Å². The number of carbonyl (C=O) groups is 1. The second kappa shape index (κ2) is 11.1. The Morgan fingerprint density at radius 3 is 2.69 bits per heavy atom. The number of aliphatic hydroxyl groups excluding tert-OH is 3. The van der Waals surface area contributed by atoms with Crippen LogP contribution in [-0.2, 0) is 20.7 Å². The maximum Gasteiger partial charge on any atom is 0.303 e. The lowest BCUT2D eigenvalue weighted by molar-refractivity contribution is -0.217. The second-order valence-corrected chi connectivity index (χ2v) is 10.1. The van der Waals surface area contributed by atoms with Crippen LogP contribution in [0.3, 0.4) is 0 Å². The molecule has 2 aromatic heterocycles. The van der Waals surface area contributed by atoms with Crippen molar-refractivity contribution in [1.82, 2.24) is 20.2 Å². The molecule has 39 heavy (non-hydrogen) atoms. The fourth-order valence-corrected chi connectivity index (χ4v) is 5.44. The molecule has 0 spiro atoms. The lowest BCUT2D eigenvalue weighted by Crippen LogP contribution is -2.57. The molecular formula is C26H30F2N4O7. The first-order valence-corrected chi connectivity index (χ1v) is 12.8. The van der Waals surface area contributed by atoms with Gasteiger partial charge in [-0.15, -0.1) is 5.10 Å². The third-order valence-electron chi connectivity index (χ3n) is 7.46. The van der Waals surface area contributed by atoms with Gasteiger partial charge in [-0.3, -0.25) is 4.79 Å². The summed E-state index contributed by atoms with van der Waals surface area (Å²) in [6, 6.07) is 3.40. The summed E-state index contributed by atoms with van der Waals surface area (Å²) in [6.45, 7) is 2.08. The summed E-state index contributed by atoms with van der Waals surface area (Å²) < 4.78 is 47.0. The summed E-state index contributed by atoms with van der Waals surface area (Å²) in [7, 11) is 0. The number of hydrogen-bond acceptors (Lipinski definition) is 10. The number of esters is 1. The van der Waals surface area contributed by atoms with E-state index in [2.05, 4.69) is 15.5 Å². The zero-order valence-electron chi connectivity index (χ0n) is 21.4. The van der Waals surface area contributed by atoms with Crippen LogP contribution in [0.1, 0.15) is 55.2 Å². The van der Waals surface area contributed by atoms with E-state index in [-0.39, 0.29) is 29.2 Å². The Kier molecular flexibility index (Phi) is 7.76. The van der Waals surface area contributed by atoms with E-state index in [1.807, 2.05) is 0 Å². The number of carbonyl (C=O) groups excluding carboxylic acids is 1. The molecule has 1 saturated heterocycles. The second-order valence-electron chi connectivity index (χ2n) is 10.1. The van der Waals surface area contributed by atoms with Crippen molar-refractivity contribution in [2.45, 2.75) is 82.0 Å². The largest absolute Gasteiger partial charge is 0.457 e. The Balaban J connectivity index is 1.46. The maximum absolute atomic E-state index is 14.6. The number of aliphatic hydroxyl groups is 3. The fraction of sp³-hybridized carbons (Fsp3) is 0.538. The van der Waals surface area contributed by atoms with Crippen molar-refractivity contribution in [3.8, 4) is 11.3 Å². The first-order valence-electron chi connectivity index (χ1n) is 12.8. The first-order chi connectivity index (χ1) is 18.7. The molecule has 3 aromatic rings. The lowest BCUT2D eigenvalue weighted by atomic mass is 9.90. The number of hydrogen-bond donors (Lipinski definition) is 3. The highest BCUT2D eigenvalue weighted by atomic mass is 19.2. The molecule has 0 bridgehead atoms. The Morgan fingerprint density at radius 2 is 2.00 bits per heavy atom. The van der Waals surface area contributed by atoms with Crippen molar-refractivity contribution in [1.29, 1.82) is 0 Å². The predicted molar refractivity (Wildman–Crippen MR) is 129 cm³/mol. The topological polar surface area (TPSA) is 153 Å². The van der Waals surface area contributed by atoms with Crippen LogP contribution in [0.5, 0.6) is 0 Å². The third-order valence-corrected chi connectivity index (χ3v) is 7.46. The average molecular weight is 549 g/mol. The van der Waals surface area contributed by atoms with Crippen molar-refractivity contribution in [3.05, 3.63) is 53.0 Å². The van der Waals surface area contributed by atoms with Crippen LogP contribution < -0.4 is 0 Å². The Hall–Kier alpha value is -3.26. The Morgan fingerprint density at radius 1 is 1.21 bits per heavy atom. The molecule has 0 amide bonds. The number of aromatic nitrogens is 4. The molecule has 13 heteroatoms. The van der Waals surface area contributed by atoms with E-state index in [4.69, 9.17) is 14.0 Å². The smallest absolute Gasteiger partial charge is 0.303 e. The highest BCUT2D eigenvalue weighted by molar-refractivity contribution is 5.66. The molecule has 2 aliphatic rings. The molecule has 5 rings (SSSR count). The molecule has 0 radical (unpaired) electrons. The molecule has 5 unspecified atom stereocenters. The van der Waals surface area contributed by atoms with Gasteiger partial charge in [0.15, 0.2) is 17.7 Å². The number of ether oxygens (including phenoxy) is 2. The number of nitrogens with zero attached hydrogens (tertiary/aromatic N) is 4. The van der Waals surface area contributed by atoms with Gasteiger partial charge in [-0.1, -0.05) is 22.9 Å². The fourth-order valence-electron chi connectivity index (χ4n) is 5.44. The van der Waals surface area contributed by atoms with Crippen molar-refractivity contribution < 1.29 is 42.9 Å². The minimum absolute atomic E-state index is 0.0000274. The number of rotatable bonds is 7. The summed E-state index contributed by atoms with van der Waals surface area (Å²) in [5.74, 6) is -2.38. The van der Waals surface area contributed by atoms with Crippen molar-refractivity contribution in [2.75, 3.05) is 6.61 Å². The van der Waals surface area contributed by atoms with Gasteiger partial charge in [-0.25, -0.2) is 13.5 Å². The molecule has 1 aromatic carbocycles. The zero-order chi connectivity index (χ0) is 27.8. The number of halogens is 2. The summed E-state index contributed by atoms with van der Waals surface area (Å²) in [4.78, 5) is 12.1. The van der Waals surface area contributed by atoms with Crippen molar-refractivity contribution in [3.63, 3.8) is 0 Å². The van der Waals surface area contributed by atoms with E-state index in [9.17, 15) is 28.9 Å². The first kappa shape index (κ1) is 27.3. The molecule has 7 atom stereocenters. The SMILES string of the molecule is CC(=O)OC1C(Cc2cc([C@@H]3CCC[C@H]3O)on2)OC(CO)C(O)C1n1cc(-c2ccc(C)c(F)c2F)nn1. The minimum Gasteiger partial charge on any atom is -0.457 e. The molecular weight excluding hydrogens is 518 g/mol. The summed E-state index contributed by atoms with van der Waals surface area (Å²) in [5.41, 5.74) is 0.467. The van der Waals surface area contributed by atoms with Crippen LogP contribution in [0, 0.1) is 18.6 Å². The quantitative estimate of drug-likeness (QED) is 0.374. The van der Waals surface area contributed by atoms with E-state index in [1.54, 1.807) is 6.07 Å². The summed E-state index contributed by atoms with van der Waals surface area (Å²) in [6.07, 6.45) is -1.30. The normalized spacial score (nSPS) is 29.1. The van der Waals surface area contributed by atoms with Gasteiger partial charge in [0, 0.05) is 30.9 Å². The highest BCUT2D eigenvalue weighted by Crippen LogP contribution is 2.37. The molecule has 1 aliphatic heterocycles. The van der Waals surface area contributed by atoms with Crippen LogP contribution in [0.2, 0.25) is 0 Å². The molecule has 1 saturated carbocycles. The molecule has 2 fully saturated rings. The Bertz CT molecular complexity index is 1330. The van der Waals surface area contributed by atoms with E-state index >= 15 is 0 Å². The average Bonchev–Trinajstić information content (AvgIpc) is 3.65. The van der Waals surface area contributed by atoms with Gasteiger partial charge in [0.25, 0.3) is 0 Å². The number of benzene rings is 1. The van der Waals surface area contributed by atoms with Crippen molar-refractivity contribution >= 4 is 5.97 Å². The van der Waals surface area contributed by atoms with Gasteiger partial charge in [0.2, 0.25) is 0 Å². The standard InChI is InChI=1S/C26H30F2N4O7/c1-12-6-7-15(23(28)22(12)27)17-10-32(31-29-17)24-25(36)21(11-33)38-20(26(24)37-13(2)34)9-14-8-19(39-30-14)16-4-3-5-18(16)35/h6-8,10,16,18,20-21,24-26,33,35-36H,3-5,9,11H2,1-2H3/t16-,18-,20?,21?,24?,25?,26?/m1/s1. The van der Waals surface area contributed by atoms with Gasteiger partial charge in [0.05, 0.1) is 24.6 Å². The van der Waals surface area contributed by atoms with Gasteiger partial charge in [0.1, 0.15) is 35.8 Å². The maximum atomic E-state index is 14.6. The highest BCUT2D eigenvalue weighted by Gasteiger charge is 2.49. The lowest BCUT2D eigenvalue weighted by Gasteiger charge is -2.43. The van der Waals surface area contributed by atoms with Gasteiger partial charge in [-0.2, -0.15) is 0 Å². The molecule has 3 heterocycles. The van der Waals surface area contributed by atoms with E-state index in [0.29, 0.717) is 17.9 Å². The van der Waals surface area contributed by atoms with Gasteiger partial charge >= 0.3 is 5.97 Å². The van der Waals surface area contributed by atoms with Crippen molar-refractivity contribution in [2.24, 2.45) is 0 Å². The van der Waals surface area contributed by atoms with Gasteiger partial charge in [-0.05, 0) is 31.4 Å². The predicted octanol–water partition coefficient (Wildman–Crippen LogP) is 1.98. The molecule has 210 valence electrons. The third kappa shape index (κ3) is 5.31. The molecule has 3 N–H and O–H groups in total. The van der Waals surface area contributed by atoms with E-state index in [0.717, 1.165) is 12.8 Å². The number of aryl methyl sites for hydroxylation is 1. The molecule has 11 nitrogen and oxygen atoms in total. The monoisotopic (exact) mass is 548 g/mol. The minimum atomic E-state index is -1.40.